The summed E-state index contributed by atoms with van der Waals surface area (Å²) in [5.41, 5.74) is 6.59. The summed E-state index contributed by atoms with van der Waals surface area (Å²) in [4.78, 5) is 26.7. The van der Waals surface area contributed by atoms with Crippen LogP contribution in [0.2, 0.25) is 0 Å². The molecule has 1 fully saturated rings. The van der Waals surface area contributed by atoms with Gasteiger partial charge in [-0.1, -0.05) is 52.3 Å². The van der Waals surface area contributed by atoms with Crippen LogP contribution in [0.4, 0.5) is 11.4 Å². The number of rotatable bonds is 8. The summed E-state index contributed by atoms with van der Waals surface area (Å²) >= 11 is 3.48. The zero-order chi connectivity index (χ0) is 25.8. The van der Waals surface area contributed by atoms with Crippen LogP contribution >= 0.6 is 15.9 Å². The number of aliphatic carboxylic acids is 1. The standard InChI is InChI=1S/C29H28BrN3O4/c30-22-7-10-24-25(17-22)32-29(36)27(24)28(21-3-1-2-19(16-21)6-11-26(34)35)31-23-8-4-20(5-9-23)18-33-12-14-37-15-13-33/h1-5,7-10,16-17,31H,6,11-15,18H2,(H,32,36)(H,34,35)/b28-27-. The number of halogens is 1. The van der Waals surface area contributed by atoms with E-state index in [1.165, 1.54) is 5.56 Å². The van der Waals surface area contributed by atoms with Gasteiger partial charge in [-0.3, -0.25) is 14.5 Å². The molecule has 7 nitrogen and oxygen atoms in total. The quantitative estimate of drug-likeness (QED) is 0.326. The molecular weight excluding hydrogens is 534 g/mol. The molecule has 8 heteroatoms. The van der Waals surface area contributed by atoms with Crippen LogP contribution in [0, 0.1) is 0 Å². The maximum atomic E-state index is 13.2. The van der Waals surface area contributed by atoms with Gasteiger partial charge in [0.2, 0.25) is 0 Å². The average Bonchev–Trinajstić information content (AvgIpc) is 3.22. The number of hydrogen-bond acceptors (Lipinski definition) is 5. The third-order valence-corrected chi connectivity index (χ3v) is 7.05. The Morgan fingerprint density at radius 3 is 2.57 bits per heavy atom. The van der Waals surface area contributed by atoms with Gasteiger partial charge in [0.05, 0.1) is 30.2 Å². The van der Waals surface area contributed by atoms with Crippen molar-refractivity contribution in [2.75, 3.05) is 36.9 Å². The molecule has 0 radical (unpaired) electrons. The number of fused-ring (bicyclic) bond motifs is 1. The summed E-state index contributed by atoms with van der Waals surface area (Å²) in [6, 6.07) is 21.7. The Balaban J connectivity index is 1.49. The second kappa shape index (κ2) is 11.3. The molecule has 3 aromatic rings. The summed E-state index contributed by atoms with van der Waals surface area (Å²) in [6.45, 7) is 4.26. The van der Waals surface area contributed by atoms with E-state index >= 15 is 0 Å². The van der Waals surface area contributed by atoms with Gasteiger partial charge >= 0.3 is 5.97 Å². The number of carbonyl (C=O) groups excluding carboxylic acids is 1. The molecule has 0 atom stereocenters. The van der Waals surface area contributed by atoms with Crippen LogP contribution in [0.1, 0.15) is 28.7 Å². The number of morpholine rings is 1. The van der Waals surface area contributed by atoms with Crippen LogP contribution in [-0.2, 0) is 27.3 Å². The van der Waals surface area contributed by atoms with Crippen LogP contribution in [0.25, 0.3) is 11.3 Å². The first kappa shape index (κ1) is 25.2. The monoisotopic (exact) mass is 561 g/mol. The van der Waals surface area contributed by atoms with Crippen molar-refractivity contribution in [1.82, 2.24) is 4.90 Å². The lowest BCUT2D eigenvalue weighted by molar-refractivity contribution is -0.137. The summed E-state index contributed by atoms with van der Waals surface area (Å²) < 4.78 is 6.33. The average molecular weight is 562 g/mol. The van der Waals surface area contributed by atoms with Crippen molar-refractivity contribution in [2.24, 2.45) is 0 Å². The molecular formula is C29H28BrN3O4. The first-order valence-electron chi connectivity index (χ1n) is 12.3. The lowest BCUT2D eigenvalue weighted by atomic mass is 9.97. The van der Waals surface area contributed by atoms with Crippen molar-refractivity contribution in [3.63, 3.8) is 0 Å². The fourth-order valence-corrected chi connectivity index (χ4v) is 5.02. The van der Waals surface area contributed by atoms with E-state index in [9.17, 15) is 9.59 Å². The smallest absolute Gasteiger partial charge is 0.303 e. The van der Waals surface area contributed by atoms with E-state index in [1.54, 1.807) is 0 Å². The van der Waals surface area contributed by atoms with Crippen LogP contribution in [0.3, 0.4) is 0 Å². The molecule has 0 bridgehead atoms. The fourth-order valence-electron chi connectivity index (χ4n) is 4.66. The third kappa shape index (κ3) is 6.10. The van der Waals surface area contributed by atoms with Gasteiger partial charge in [-0.05, 0) is 53.4 Å². The second-order valence-corrected chi connectivity index (χ2v) is 10.1. The summed E-state index contributed by atoms with van der Waals surface area (Å²) in [7, 11) is 0. The molecule has 1 saturated heterocycles. The van der Waals surface area contributed by atoms with Crippen LogP contribution < -0.4 is 10.6 Å². The molecule has 0 spiro atoms. The molecule has 3 aromatic carbocycles. The number of carboxylic acids is 1. The second-order valence-electron chi connectivity index (χ2n) is 9.20. The highest BCUT2D eigenvalue weighted by Gasteiger charge is 2.28. The minimum Gasteiger partial charge on any atom is -0.481 e. The van der Waals surface area contributed by atoms with Crippen LogP contribution in [0.5, 0.6) is 0 Å². The lowest BCUT2D eigenvalue weighted by Crippen LogP contribution is -2.35. The highest BCUT2D eigenvalue weighted by atomic mass is 79.9. The summed E-state index contributed by atoms with van der Waals surface area (Å²) in [6.07, 6.45) is 0.461. The van der Waals surface area contributed by atoms with Gasteiger partial charge < -0.3 is 20.5 Å². The number of carboxylic acid groups (broad SMARTS) is 1. The van der Waals surface area contributed by atoms with Gasteiger partial charge in [-0.25, -0.2) is 0 Å². The van der Waals surface area contributed by atoms with Crippen molar-refractivity contribution in [2.45, 2.75) is 19.4 Å². The van der Waals surface area contributed by atoms with Gasteiger partial charge in [0.15, 0.2) is 0 Å². The molecule has 2 heterocycles. The topological polar surface area (TPSA) is 90.9 Å². The molecule has 190 valence electrons. The first-order valence-corrected chi connectivity index (χ1v) is 13.1. The molecule has 0 aromatic heterocycles. The van der Waals surface area contributed by atoms with E-state index in [4.69, 9.17) is 9.84 Å². The van der Waals surface area contributed by atoms with E-state index in [-0.39, 0.29) is 12.3 Å². The van der Waals surface area contributed by atoms with E-state index in [1.807, 2.05) is 54.6 Å². The predicted molar refractivity (Wildman–Crippen MR) is 148 cm³/mol. The van der Waals surface area contributed by atoms with E-state index in [0.717, 1.165) is 65.4 Å². The number of ether oxygens (including phenoxy) is 1. The largest absolute Gasteiger partial charge is 0.481 e. The van der Waals surface area contributed by atoms with Gasteiger partial charge in [-0.2, -0.15) is 0 Å². The minimum absolute atomic E-state index is 0.0464. The van der Waals surface area contributed by atoms with Crippen LogP contribution in [0.15, 0.2) is 71.2 Å². The van der Waals surface area contributed by atoms with Gasteiger partial charge in [0.25, 0.3) is 5.91 Å². The van der Waals surface area contributed by atoms with Crippen molar-refractivity contribution in [3.05, 3.63) is 93.5 Å². The number of aryl methyl sites for hydroxylation is 1. The highest BCUT2D eigenvalue weighted by Crippen LogP contribution is 2.39. The van der Waals surface area contributed by atoms with E-state index < -0.39 is 5.97 Å². The third-order valence-electron chi connectivity index (χ3n) is 6.55. The predicted octanol–water partition coefficient (Wildman–Crippen LogP) is 5.23. The maximum absolute atomic E-state index is 13.2. The molecule has 3 N–H and O–H groups in total. The normalized spacial score (nSPS) is 16.7. The Morgan fingerprint density at radius 1 is 1.03 bits per heavy atom. The number of hydrogen-bond donors (Lipinski definition) is 3. The molecule has 1 amide bonds. The van der Waals surface area contributed by atoms with Crippen molar-refractivity contribution >= 4 is 50.5 Å². The molecule has 0 unspecified atom stereocenters. The number of benzene rings is 3. The van der Waals surface area contributed by atoms with Gasteiger partial charge in [-0.15, -0.1) is 0 Å². The lowest BCUT2D eigenvalue weighted by Gasteiger charge is -2.26. The summed E-state index contributed by atoms with van der Waals surface area (Å²) in [5, 5.41) is 15.6. The minimum atomic E-state index is -0.839. The summed E-state index contributed by atoms with van der Waals surface area (Å²) in [5.74, 6) is -1.02. The SMILES string of the molecule is O=C(O)CCc1cccc(/C(Nc2ccc(CN3CCOCC3)cc2)=C2/C(=O)Nc3cc(Br)ccc32)c1. The first-order chi connectivity index (χ1) is 18.0. The van der Waals surface area contributed by atoms with Crippen molar-refractivity contribution in [3.8, 4) is 0 Å². The number of anilines is 2. The molecule has 0 saturated carbocycles. The van der Waals surface area contributed by atoms with E-state index in [0.29, 0.717) is 17.7 Å². The molecule has 2 aliphatic heterocycles. The molecule has 0 aliphatic carbocycles. The number of amides is 1. The van der Waals surface area contributed by atoms with Crippen LogP contribution in [-0.4, -0.2) is 48.2 Å². The Labute approximate surface area is 224 Å². The fraction of sp³-hybridized carbons (Fsp3) is 0.241. The van der Waals surface area contributed by atoms with E-state index in [2.05, 4.69) is 43.6 Å². The Bertz CT molecular complexity index is 1350. The molecule has 5 rings (SSSR count). The Kier molecular flexibility index (Phi) is 7.69. The molecule has 37 heavy (non-hydrogen) atoms. The van der Waals surface area contributed by atoms with Gasteiger partial charge in [0, 0.05) is 41.8 Å². The highest BCUT2D eigenvalue weighted by molar-refractivity contribution is 9.10. The Morgan fingerprint density at radius 2 is 1.81 bits per heavy atom. The Hall–Kier alpha value is -3.46. The van der Waals surface area contributed by atoms with Crippen molar-refractivity contribution in [1.29, 1.82) is 0 Å². The zero-order valence-corrected chi connectivity index (χ0v) is 21.9. The maximum Gasteiger partial charge on any atom is 0.303 e. The van der Waals surface area contributed by atoms with Crippen molar-refractivity contribution < 1.29 is 19.4 Å². The number of nitrogens with zero attached hydrogens (tertiary/aromatic N) is 1. The number of nitrogens with one attached hydrogen (secondary N) is 2. The van der Waals surface area contributed by atoms with Gasteiger partial charge in [0.1, 0.15) is 0 Å². The number of carbonyl (C=O) groups is 2. The molecule has 2 aliphatic rings. The zero-order valence-electron chi connectivity index (χ0n) is 20.3.